The molecule has 1 N–H and O–H groups in total. The minimum atomic E-state index is -0.439. The van der Waals surface area contributed by atoms with Gasteiger partial charge in [-0.25, -0.2) is 0 Å². The highest BCUT2D eigenvalue weighted by atomic mass is 16.5. The lowest BCUT2D eigenvalue weighted by molar-refractivity contribution is -0.149. The van der Waals surface area contributed by atoms with Crippen molar-refractivity contribution >= 4 is 0 Å². The minimum Gasteiger partial charge on any atom is -0.389 e. The number of hydrogen-bond acceptors (Lipinski definition) is 2. The molecule has 2 heteroatoms. The zero-order valence-corrected chi connectivity index (χ0v) is 12.3. The normalized spacial score (nSPS) is 42.2. The molecule has 2 unspecified atom stereocenters. The van der Waals surface area contributed by atoms with Gasteiger partial charge in [0.15, 0.2) is 0 Å². The summed E-state index contributed by atoms with van der Waals surface area (Å²) in [5, 5.41) is 11.0. The highest BCUT2D eigenvalue weighted by Gasteiger charge is 2.43. The number of hydrogen-bond donors (Lipinski definition) is 1. The summed E-state index contributed by atoms with van der Waals surface area (Å²) in [6.07, 6.45) is 8.34. The molecule has 2 fully saturated rings. The molecule has 2 aliphatic rings. The fourth-order valence-electron chi connectivity index (χ4n) is 3.80. The van der Waals surface area contributed by atoms with Crippen molar-refractivity contribution in [2.45, 2.75) is 77.4 Å². The van der Waals surface area contributed by atoms with E-state index in [4.69, 9.17) is 4.74 Å². The van der Waals surface area contributed by atoms with Gasteiger partial charge in [0.05, 0.1) is 11.7 Å². The molecular weight excluding hydrogens is 224 g/mol. The van der Waals surface area contributed by atoms with Gasteiger partial charge in [-0.05, 0) is 37.0 Å². The predicted octanol–water partition coefficient (Wildman–Crippen LogP) is 3.77. The predicted molar refractivity (Wildman–Crippen MR) is 74.5 cm³/mol. The van der Waals surface area contributed by atoms with E-state index in [-0.39, 0.29) is 6.10 Å². The lowest BCUT2D eigenvalue weighted by Crippen LogP contribution is -2.48. The number of ether oxygens (including phenoxy) is 1. The summed E-state index contributed by atoms with van der Waals surface area (Å²) in [6, 6.07) is 0. The first-order valence-electron chi connectivity index (χ1n) is 7.89. The van der Waals surface area contributed by atoms with Crippen molar-refractivity contribution in [3.8, 4) is 0 Å². The molecule has 1 aliphatic heterocycles. The second-order valence-electron chi connectivity index (χ2n) is 6.84. The number of rotatable bonds is 3. The van der Waals surface area contributed by atoms with Crippen LogP contribution in [0.15, 0.2) is 0 Å². The van der Waals surface area contributed by atoms with E-state index in [9.17, 15) is 5.11 Å². The van der Waals surface area contributed by atoms with E-state index < -0.39 is 5.60 Å². The quantitative estimate of drug-likeness (QED) is 0.830. The van der Waals surface area contributed by atoms with E-state index in [0.717, 1.165) is 25.4 Å². The first-order chi connectivity index (χ1) is 8.55. The molecule has 0 aromatic heterocycles. The van der Waals surface area contributed by atoms with Crippen LogP contribution in [0.2, 0.25) is 0 Å². The molecule has 1 saturated heterocycles. The Hall–Kier alpha value is -0.0800. The fraction of sp³-hybridized carbons (Fsp3) is 1.00. The standard InChI is InChI=1S/C16H30O2/c1-4-13-5-7-14(8-6-13)16(17)9-10-18-15(11-16)12(2)3/h12-15,17H,4-11H2,1-3H3. The van der Waals surface area contributed by atoms with Crippen LogP contribution >= 0.6 is 0 Å². The van der Waals surface area contributed by atoms with Crippen LogP contribution in [0.25, 0.3) is 0 Å². The summed E-state index contributed by atoms with van der Waals surface area (Å²) in [5.74, 6) is 1.94. The van der Waals surface area contributed by atoms with Crippen LogP contribution in [0.4, 0.5) is 0 Å². The molecule has 18 heavy (non-hydrogen) atoms. The molecule has 0 bridgehead atoms. The summed E-state index contributed by atoms with van der Waals surface area (Å²) in [5.41, 5.74) is -0.439. The SMILES string of the molecule is CCC1CCC(C2(O)CCOC(C(C)C)C2)CC1. The lowest BCUT2D eigenvalue weighted by atomic mass is 9.68. The van der Waals surface area contributed by atoms with Crippen molar-refractivity contribution in [1.82, 2.24) is 0 Å². The van der Waals surface area contributed by atoms with E-state index >= 15 is 0 Å². The van der Waals surface area contributed by atoms with Crippen LogP contribution in [-0.4, -0.2) is 23.4 Å². The monoisotopic (exact) mass is 254 g/mol. The molecule has 1 heterocycles. The number of aliphatic hydroxyl groups is 1. The third-order valence-electron chi connectivity index (χ3n) is 5.35. The van der Waals surface area contributed by atoms with Crippen molar-refractivity contribution in [1.29, 1.82) is 0 Å². The highest BCUT2D eigenvalue weighted by Crippen LogP contribution is 2.43. The Morgan fingerprint density at radius 3 is 2.44 bits per heavy atom. The first kappa shape index (κ1) is 14.3. The van der Waals surface area contributed by atoms with Gasteiger partial charge in [-0.1, -0.05) is 40.0 Å². The van der Waals surface area contributed by atoms with Crippen LogP contribution in [0.3, 0.4) is 0 Å². The Morgan fingerprint density at radius 1 is 1.22 bits per heavy atom. The van der Waals surface area contributed by atoms with Gasteiger partial charge in [-0.2, -0.15) is 0 Å². The Bertz CT molecular complexity index is 256. The molecule has 1 saturated carbocycles. The molecule has 106 valence electrons. The third kappa shape index (κ3) is 3.08. The molecule has 2 nitrogen and oxygen atoms in total. The molecule has 0 spiro atoms. The minimum absolute atomic E-state index is 0.257. The largest absolute Gasteiger partial charge is 0.389 e. The summed E-state index contributed by atoms with van der Waals surface area (Å²) >= 11 is 0. The maximum absolute atomic E-state index is 11.0. The second-order valence-corrected chi connectivity index (χ2v) is 6.84. The maximum Gasteiger partial charge on any atom is 0.0722 e. The van der Waals surface area contributed by atoms with Crippen molar-refractivity contribution in [2.24, 2.45) is 17.8 Å². The summed E-state index contributed by atoms with van der Waals surface area (Å²) < 4.78 is 5.81. The Morgan fingerprint density at radius 2 is 1.89 bits per heavy atom. The van der Waals surface area contributed by atoms with Gasteiger partial charge in [0.1, 0.15) is 0 Å². The van der Waals surface area contributed by atoms with Gasteiger partial charge in [0.25, 0.3) is 0 Å². The fourth-order valence-corrected chi connectivity index (χ4v) is 3.80. The average molecular weight is 254 g/mol. The van der Waals surface area contributed by atoms with Crippen LogP contribution < -0.4 is 0 Å². The third-order valence-corrected chi connectivity index (χ3v) is 5.35. The van der Waals surface area contributed by atoms with Crippen LogP contribution in [0.1, 0.15) is 65.7 Å². The molecule has 0 radical (unpaired) electrons. The smallest absolute Gasteiger partial charge is 0.0722 e. The summed E-state index contributed by atoms with van der Waals surface area (Å²) in [4.78, 5) is 0. The first-order valence-corrected chi connectivity index (χ1v) is 7.89. The van der Waals surface area contributed by atoms with E-state index in [1.165, 1.54) is 32.1 Å². The molecule has 0 aromatic rings. The van der Waals surface area contributed by atoms with Crippen molar-refractivity contribution in [2.75, 3.05) is 6.61 Å². The van der Waals surface area contributed by atoms with Gasteiger partial charge < -0.3 is 9.84 Å². The molecule has 2 rings (SSSR count). The molecule has 1 aliphatic carbocycles. The van der Waals surface area contributed by atoms with Gasteiger partial charge in [-0.3, -0.25) is 0 Å². The van der Waals surface area contributed by atoms with E-state index in [1.54, 1.807) is 0 Å². The molecule has 0 amide bonds. The van der Waals surface area contributed by atoms with Gasteiger partial charge in [-0.15, -0.1) is 0 Å². The van der Waals surface area contributed by atoms with Crippen LogP contribution in [-0.2, 0) is 4.74 Å². The topological polar surface area (TPSA) is 29.5 Å². The van der Waals surface area contributed by atoms with E-state index in [1.807, 2.05) is 0 Å². The summed E-state index contributed by atoms with van der Waals surface area (Å²) in [7, 11) is 0. The molecule has 0 aromatic carbocycles. The average Bonchev–Trinajstić information content (AvgIpc) is 2.39. The van der Waals surface area contributed by atoms with Crippen LogP contribution in [0, 0.1) is 17.8 Å². The van der Waals surface area contributed by atoms with E-state index in [2.05, 4.69) is 20.8 Å². The molecule has 2 atom stereocenters. The molecular formula is C16H30O2. The lowest BCUT2D eigenvalue weighted by Gasteiger charge is -2.45. The van der Waals surface area contributed by atoms with Gasteiger partial charge in [0.2, 0.25) is 0 Å². The van der Waals surface area contributed by atoms with Crippen LogP contribution in [0.5, 0.6) is 0 Å². The zero-order chi connectivity index (χ0) is 13.2. The van der Waals surface area contributed by atoms with Gasteiger partial charge >= 0.3 is 0 Å². The Balaban J connectivity index is 1.94. The highest BCUT2D eigenvalue weighted by molar-refractivity contribution is 4.94. The maximum atomic E-state index is 11.0. The second kappa shape index (κ2) is 5.92. The Kier molecular flexibility index (Phi) is 4.71. The van der Waals surface area contributed by atoms with Gasteiger partial charge in [0, 0.05) is 13.0 Å². The zero-order valence-electron chi connectivity index (χ0n) is 12.3. The summed E-state index contributed by atoms with van der Waals surface area (Å²) in [6.45, 7) is 7.44. The van der Waals surface area contributed by atoms with Crippen molar-refractivity contribution < 1.29 is 9.84 Å². The van der Waals surface area contributed by atoms with Crippen molar-refractivity contribution in [3.05, 3.63) is 0 Å². The Labute approximate surface area is 112 Å². The van der Waals surface area contributed by atoms with E-state index in [0.29, 0.717) is 11.8 Å². The van der Waals surface area contributed by atoms with Crippen molar-refractivity contribution in [3.63, 3.8) is 0 Å².